The number of nitrogens with zero attached hydrogens (tertiary/aromatic N) is 4. The predicted molar refractivity (Wildman–Crippen MR) is 247 cm³/mol. The average Bonchev–Trinajstić information content (AvgIpc) is 3.28. The van der Waals surface area contributed by atoms with E-state index in [0.29, 0.717) is 37.4 Å². The number of carbonyl (C=O) groups excluding carboxylic acids is 2. The molecule has 0 saturated heterocycles. The molecule has 344 valence electrons. The Kier molecular flexibility index (Phi) is 21.0. The highest BCUT2D eigenvalue weighted by Crippen LogP contribution is 2.39. The Morgan fingerprint density at radius 1 is 0.410 bits per heavy atom. The summed E-state index contributed by atoms with van der Waals surface area (Å²) in [5.74, 6) is 4.99. The van der Waals surface area contributed by atoms with Crippen molar-refractivity contribution in [3.05, 3.63) is 0 Å². The van der Waals surface area contributed by atoms with Crippen LogP contribution >= 0.6 is 0 Å². The van der Waals surface area contributed by atoms with E-state index in [1.54, 1.807) is 0 Å². The van der Waals surface area contributed by atoms with E-state index < -0.39 is 0 Å². The van der Waals surface area contributed by atoms with E-state index in [2.05, 4.69) is 36.5 Å². The lowest BCUT2D eigenvalue weighted by Gasteiger charge is -2.33. The molecule has 0 aliphatic heterocycles. The molecule has 6 fully saturated rings. The van der Waals surface area contributed by atoms with Crippen molar-refractivity contribution in [2.45, 2.75) is 249 Å². The van der Waals surface area contributed by atoms with E-state index in [1.807, 2.05) is 0 Å². The van der Waals surface area contributed by atoms with Crippen LogP contribution in [0.15, 0.2) is 20.0 Å². The van der Waals surface area contributed by atoms with Crippen molar-refractivity contribution < 1.29 is 19.1 Å². The molecule has 6 saturated carbocycles. The highest BCUT2D eigenvalue weighted by molar-refractivity contribution is 5.67. The van der Waals surface area contributed by atoms with Gasteiger partial charge >= 0.3 is 12.2 Å². The van der Waals surface area contributed by atoms with Crippen LogP contribution in [0.1, 0.15) is 213 Å². The van der Waals surface area contributed by atoms with E-state index in [1.165, 1.54) is 148 Å². The first kappa shape index (κ1) is 47.8. The van der Waals surface area contributed by atoms with Crippen LogP contribution in [0.2, 0.25) is 0 Å². The molecule has 6 rings (SSSR count). The summed E-state index contributed by atoms with van der Waals surface area (Å²) >= 11 is 0. The van der Waals surface area contributed by atoms with Crippen molar-refractivity contribution in [3.8, 4) is 0 Å². The molecule has 2 amide bonds. The Hall–Kier alpha value is -2.70. The van der Waals surface area contributed by atoms with Crippen LogP contribution in [0, 0.1) is 35.5 Å². The molecule has 61 heavy (non-hydrogen) atoms. The number of amides is 2. The summed E-state index contributed by atoms with van der Waals surface area (Å²) in [6.45, 7) is 5.28. The van der Waals surface area contributed by atoms with Crippen LogP contribution in [-0.2, 0) is 9.47 Å². The van der Waals surface area contributed by atoms with E-state index in [0.717, 1.165) is 86.9 Å². The molecule has 0 bridgehead atoms. The second-order valence-corrected chi connectivity index (χ2v) is 20.8. The zero-order valence-corrected chi connectivity index (χ0v) is 38.7. The van der Waals surface area contributed by atoms with Crippen molar-refractivity contribution in [1.29, 1.82) is 0 Å². The normalized spacial score (nSPS) is 34.4. The van der Waals surface area contributed by atoms with Crippen LogP contribution in [0.5, 0.6) is 0 Å². The molecule has 10 heteroatoms. The van der Waals surface area contributed by atoms with Crippen LogP contribution in [-0.4, -0.2) is 73.7 Å². The number of alkyl carbamates (subject to hydrolysis) is 2. The fourth-order valence-corrected chi connectivity index (χ4v) is 12.0. The zero-order chi connectivity index (χ0) is 42.5. The summed E-state index contributed by atoms with van der Waals surface area (Å²) in [5.41, 5.74) is 0. The Balaban J connectivity index is 0.761. The lowest BCUT2D eigenvalue weighted by Crippen LogP contribution is -2.38. The monoisotopic (exact) mass is 847 g/mol. The van der Waals surface area contributed by atoms with Gasteiger partial charge in [0, 0.05) is 12.1 Å². The average molecular weight is 847 g/mol. The van der Waals surface area contributed by atoms with E-state index in [-0.39, 0.29) is 24.3 Å². The maximum Gasteiger partial charge on any atom is 0.407 e. The standard InChI is InChI=1S/C51H86N6O4/c1-3-5-31-60-50(58)56-48-27-15-42(16-28-48)34-40-11-23-46(24-12-40)54-36-52-44-19-7-38(8-20-44)33-39-9-21-45(22-10-39)53-37-55-47-25-13-41(14-26-47)35-43-17-29-49(30-18-43)57-51(59)61-32-6-4-2/h38-49H,3-35H2,1-2H3,(H,56,58)(H,57,59). The predicted octanol–water partition coefficient (Wildman–Crippen LogP) is 12.9. The largest absolute Gasteiger partial charge is 0.450 e. The molecule has 0 radical (unpaired) electrons. The van der Waals surface area contributed by atoms with E-state index in [9.17, 15) is 9.59 Å². The highest BCUT2D eigenvalue weighted by atomic mass is 16.6. The van der Waals surface area contributed by atoms with Crippen molar-refractivity contribution >= 4 is 24.2 Å². The zero-order valence-electron chi connectivity index (χ0n) is 38.7. The minimum atomic E-state index is -0.228. The number of carbonyl (C=O) groups is 2. The molecule has 0 heterocycles. The maximum absolute atomic E-state index is 12.0. The number of nitrogens with one attached hydrogen (secondary N) is 2. The summed E-state index contributed by atoms with van der Waals surface area (Å²) in [5, 5.41) is 6.19. The van der Waals surface area contributed by atoms with Gasteiger partial charge in [-0.15, -0.1) is 0 Å². The third-order valence-corrected chi connectivity index (χ3v) is 16.0. The quantitative estimate of drug-likeness (QED) is 0.105. The number of hydrogen-bond donors (Lipinski definition) is 2. The molecule has 0 atom stereocenters. The number of hydrogen-bond acceptors (Lipinski definition) is 8. The number of unbranched alkanes of at least 4 members (excludes halogenated alkanes) is 2. The Labute approximate surface area is 370 Å². The third-order valence-electron chi connectivity index (χ3n) is 16.0. The van der Waals surface area contributed by atoms with Gasteiger partial charge in [0.2, 0.25) is 0 Å². The fraction of sp³-hybridized carbons (Fsp3) is 0.922. The highest BCUT2D eigenvalue weighted by Gasteiger charge is 2.30. The Morgan fingerprint density at radius 2 is 0.656 bits per heavy atom. The summed E-state index contributed by atoms with van der Waals surface area (Å²) < 4.78 is 10.6. The second-order valence-electron chi connectivity index (χ2n) is 20.8. The smallest absolute Gasteiger partial charge is 0.407 e. The van der Waals surface area contributed by atoms with Crippen LogP contribution in [0.25, 0.3) is 0 Å². The molecule has 10 nitrogen and oxygen atoms in total. The fourth-order valence-electron chi connectivity index (χ4n) is 12.0. The van der Waals surface area contributed by atoms with Gasteiger partial charge in [-0.3, -0.25) is 0 Å². The number of ether oxygens (including phenoxy) is 2. The number of aliphatic imine (C=N–C) groups is 4. The first-order valence-corrected chi connectivity index (χ1v) is 26.1. The Bertz CT molecular complexity index is 1270. The second kappa shape index (κ2) is 26.8. The summed E-state index contributed by atoms with van der Waals surface area (Å²) in [6.07, 6.45) is 36.8. The molecule has 0 spiro atoms. The lowest BCUT2D eigenvalue weighted by molar-refractivity contribution is 0.133. The van der Waals surface area contributed by atoms with Gasteiger partial charge in [0.15, 0.2) is 0 Å². The maximum atomic E-state index is 12.0. The Morgan fingerprint density at radius 3 is 0.902 bits per heavy atom. The van der Waals surface area contributed by atoms with E-state index in [4.69, 9.17) is 29.4 Å². The molecule has 6 aliphatic rings. The third kappa shape index (κ3) is 17.8. The van der Waals surface area contributed by atoms with Crippen LogP contribution in [0.4, 0.5) is 9.59 Å². The van der Waals surface area contributed by atoms with Gasteiger partial charge in [-0.1, -0.05) is 26.7 Å². The number of rotatable bonds is 18. The van der Waals surface area contributed by atoms with E-state index >= 15 is 0 Å². The van der Waals surface area contributed by atoms with Crippen LogP contribution in [0.3, 0.4) is 0 Å². The topological polar surface area (TPSA) is 126 Å². The minimum absolute atomic E-state index is 0.228. The van der Waals surface area contributed by atoms with Crippen molar-refractivity contribution in [3.63, 3.8) is 0 Å². The summed E-state index contributed by atoms with van der Waals surface area (Å²) in [4.78, 5) is 43.4. The van der Waals surface area contributed by atoms with Gasteiger partial charge < -0.3 is 20.1 Å². The molecule has 0 aromatic carbocycles. The summed E-state index contributed by atoms with van der Waals surface area (Å²) in [7, 11) is 0. The summed E-state index contributed by atoms with van der Waals surface area (Å²) in [6, 6.07) is 8.62. The molecule has 6 aliphatic carbocycles. The molecular weight excluding hydrogens is 761 g/mol. The van der Waals surface area contributed by atoms with Gasteiger partial charge in [0.05, 0.1) is 49.4 Å². The van der Waals surface area contributed by atoms with Crippen LogP contribution < -0.4 is 10.6 Å². The van der Waals surface area contributed by atoms with Gasteiger partial charge in [-0.05, 0) is 222 Å². The van der Waals surface area contributed by atoms with Crippen molar-refractivity contribution in [2.75, 3.05) is 13.2 Å². The minimum Gasteiger partial charge on any atom is -0.450 e. The molecule has 2 N–H and O–H groups in total. The molecule has 0 aromatic rings. The first-order valence-electron chi connectivity index (χ1n) is 26.1. The van der Waals surface area contributed by atoms with Gasteiger partial charge in [0.25, 0.3) is 0 Å². The van der Waals surface area contributed by atoms with Gasteiger partial charge in [-0.2, -0.15) is 0 Å². The SMILES string of the molecule is CCCCOC(=O)NC1CCC(CC2CCC(N=C=NC3CCC(CC4CCC(N=C=NC5CCC(CC6CCC(NC(=O)OCCCC)CC6)CC5)CC4)CC3)CC2)CC1. The molecular formula is C51H86N6O4. The van der Waals surface area contributed by atoms with Crippen molar-refractivity contribution in [1.82, 2.24) is 10.6 Å². The molecule has 0 unspecified atom stereocenters. The first-order chi connectivity index (χ1) is 29.9. The molecule has 0 aromatic heterocycles. The lowest BCUT2D eigenvalue weighted by atomic mass is 9.76. The van der Waals surface area contributed by atoms with Gasteiger partial charge in [-0.25, -0.2) is 29.6 Å². The van der Waals surface area contributed by atoms with Gasteiger partial charge in [0.1, 0.15) is 0 Å². The van der Waals surface area contributed by atoms with Crippen molar-refractivity contribution in [2.24, 2.45) is 55.5 Å².